The van der Waals surface area contributed by atoms with Gasteiger partial charge in [-0.3, -0.25) is 4.79 Å². The molecule has 1 rings (SSSR count). The van der Waals surface area contributed by atoms with Gasteiger partial charge in [0.05, 0.1) is 6.61 Å². The zero-order valence-electron chi connectivity index (χ0n) is 7.87. The van der Waals surface area contributed by atoms with E-state index in [1.807, 2.05) is 26.2 Å². The molecule has 1 aromatic rings. The Morgan fingerprint density at radius 1 is 1.69 bits per heavy atom. The van der Waals surface area contributed by atoms with Gasteiger partial charge in [-0.05, 0) is 18.6 Å². The van der Waals surface area contributed by atoms with E-state index in [4.69, 9.17) is 5.11 Å². The van der Waals surface area contributed by atoms with Crippen LogP contribution in [0.4, 0.5) is 0 Å². The Morgan fingerprint density at radius 2 is 2.38 bits per heavy atom. The fraction of sp³-hybridized carbons (Fsp3) is 0.444. The van der Waals surface area contributed by atoms with Gasteiger partial charge in [-0.2, -0.15) is 0 Å². The monoisotopic (exact) mass is 182 g/mol. The van der Waals surface area contributed by atoms with Crippen molar-refractivity contribution in [3.8, 4) is 0 Å². The molecule has 4 nitrogen and oxygen atoms in total. The second kappa shape index (κ2) is 4.09. The number of nitrogens with one attached hydrogen (secondary N) is 1. The molecule has 0 saturated carbocycles. The van der Waals surface area contributed by atoms with Crippen molar-refractivity contribution in [2.45, 2.75) is 6.92 Å². The van der Waals surface area contributed by atoms with E-state index in [-0.39, 0.29) is 12.5 Å². The molecule has 0 spiro atoms. The van der Waals surface area contributed by atoms with Crippen molar-refractivity contribution in [3.63, 3.8) is 0 Å². The van der Waals surface area contributed by atoms with Crippen LogP contribution in [0.25, 0.3) is 0 Å². The highest BCUT2D eigenvalue weighted by Gasteiger charge is 2.08. The number of amides is 1. The number of carbonyl (C=O) groups is 1. The third-order valence-electron chi connectivity index (χ3n) is 1.77. The summed E-state index contributed by atoms with van der Waals surface area (Å²) in [4.78, 5) is 11.4. The molecule has 0 aromatic carbocycles. The Hall–Kier alpha value is -1.29. The van der Waals surface area contributed by atoms with Crippen molar-refractivity contribution in [3.05, 3.63) is 23.5 Å². The maximum Gasteiger partial charge on any atom is 0.267 e. The van der Waals surface area contributed by atoms with Gasteiger partial charge in [0.15, 0.2) is 0 Å². The van der Waals surface area contributed by atoms with Crippen molar-refractivity contribution >= 4 is 5.91 Å². The highest BCUT2D eigenvalue weighted by molar-refractivity contribution is 5.92. The van der Waals surface area contributed by atoms with Crippen LogP contribution in [0.1, 0.15) is 16.1 Å². The molecule has 4 heteroatoms. The minimum Gasteiger partial charge on any atom is -0.395 e. The molecule has 0 atom stereocenters. The van der Waals surface area contributed by atoms with Gasteiger partial charge in [0.1, 0.15) is 5.69 Å². The van der Waals surface area contributed by atoms with E-state index in [1.54, 1.807) is 4.57 Å². The van der Waals surface area contributed by atoms with Gasteiger partial charge < -0.3 is 15.0 Å². The van der Waals surface area contributed by atoms with Gasteiger partial charge in [-0.1, -0.05) is 0 Å². The Bertz CT molecular complexity index is 305. The number of aromatic nitrogens is 1. The fourth-order valence-corrected chi connectivity index (χ4v) is 1.22. The largest absolute Gasteiger partial charge is 0.395 e. The minimum atomic E-state index is -0.148. The molecular formula is C9H14N2O2. The third kappa shape index (κ3) is 2.32. The van der Waals surface area contributed by atoms with E-state index < -0.39 is 0 Å². The second-order valence-electron chi connectivity index (χ2n) is 2.99. The predicted octanol–water partition coefficient (Wildman–Crippen LogP) is 0.0556. The average molecular weight is 182 g/mol. The first-order chi connectivity index (χ1) is 6.15. The number of aliphatic hydroxyl groups is 1. The van der Waals surface area contributed by atoms with Crippen LogP contribution < -0.4 is 5.32 Å². The Morgan fingerprint density at radius 3 is 2.85 bits per heavy atom. The van der Waals surface area contributed by atoms with E-state index >= 15 is 0 Å². The van der Waals surface area contributed by atoms with Crippen molar-refractivity contribution in [1.29, 1.82) is 0 Å². The maximum atomic E-state index is 11.4. The summed E-state index contributed by atoms with van der Waals surface area (Å²) in [5.41, 5.74) is 1.67. The van der Waals surface area contributed by atoms with Crippen LogP contribution in [0, 0.1) is 6.92 Å². The summed E-state index contributed by atoms with van der Waals surface area (Å²) in [7, 11) is 1.82. The quantitative estimate of drug-likeness (QED) is 0.694. The number of carbonyl (C=O) groups excluding carboxylic acids is 1. The number of nitrogens with zero attached hydrogens (tertiary/aromatic N) is 1. The topological polar surface area (TPSA) is 54.3 Å². The lowest BCUT2D eigenvalue weighted by molar-refractivity contribution is 0.0936. The van der Waals surface area contributed by atoms with Gasteiger partial charge in [0.25, 0.3) is 5.91 Å². The number of hydrogen-bond donors (Lipinski definition) is 2. The molecule has 0 bridgehead atoms. The van der Waals surface area contributed by atoms with Crippen molar-refractivity contribution in [2.75, 3.05) is 13.2 Å². The first-order valence-corrected chi connectivity index (χ1v) is 4.17. The van der Waals surface area contributed by atoms with E-state index in [0.29, 0.717) is 12.2 Å². The van der Waals surface area contributed by atoms with Crippen LogP contribution in [0.5, 0.6) is 0 Å². The van der Waals surface area contributed by atoms with Gasteiger partial charge in [0.2, 0.25) is 0 Å². The number of hydrogen-bond acceptors (Lipinski definition) is 2. The SMILES string of the molecule is Cc1cc(C(=O)NCCO)n(C)c1. The van der Waals surface area contributed by atoms with Crippen LogP contribution in [-0.2, 0) is 7.05 Å². The lowest BCUT2D eigenvalue weighted by atomic mass is 10.3. The molecule has 0 radical (unpaired) electrons. The fourth-order valence-electron chi connectivity index (χ4n) is 1.22. The number of aryl methyl sites for hydroxylation is 2. The van der Waals surface area contributed by atoms with Gasteiger partial charge >= 0.3 is 0 Å². The van der Waals surface area contributed by atoms with Gasteiger partial charge in [-0.15, -0.1) is 0 Å². The van der Waals surface area contributed by atoms with Crippen molar-refractivity contribution < 1.29 is 9.90 Å². The molecule has 0 unspecified atom stereocenters. The standard InChI is InChI=1S/C9H14N2O2/c1-7-5-8(11(2)6-7)9(13)10-3-4-12/h5-6,12H,3-4H2,1-2H3,(H,10,13). The summed E-state index contributed by atoms with van der Waals surface area (Å²) in [5.74, 6) is -0.148. The van der Waals surface area contributed by atoms with Crippen LogP contribution in [-0.4, -0.2) is 28.7 Å². The van der Waals surface area contributed by atoms with Gasteiger partial charge in [-0.25, -0.2) is 0 Å². The average Bonchev–Trinajstić information content (AvgIpc) is 2.41. The van der Waals surface area contributed by atoms with Crippen LogP contribution in [0.15, 0.2) is 12.3 Å². The maximum absolute atomic E-state index is 11.4. The summed E-state index contributed by atoms with van der Waals surface area (Å²) in [5, 5.41) is 11.1. The predicted molar refractivity (Wildman–Crippen MR) is 49.6 cm³/mol. The molecule has 2 N–H and O–H groups in total. The van der Waals surface area contributed by atoms with Crippen molar-refractivity contribution in [2.24, 2.45) is 7.05 Å². The Labute approximate surface area is 77.2 Å². The Balaban J connectivity index is 2.70. The van der Waals surface area contributed by atoms with Crippen molar-refractivity contribution in [1.82, 2.24) is 9.88 Å². The smallest absolute Gasteiger partial charge is 0.267 e. The highest BCUT2D eigenvalue weighted by Crippen LogP contribution is 2.04. The lowest BCUT2D eigenvalue weighted by Crippen LogP contribution is -2.27. The summed E-state index contributed by atoms with van der Waals surface area (Å²) in [6, 6.07) is 1.81. The lowest BCUT2D eigenvalue weighted by Gasteiger charge is -2.03. The van der Waals surface area contributed by atoms with E-state index in [9.17, 15) is 4.79 Å². The zero-order chi connectivity index (χ0) is 9.84. The molecular weight excluding hydrogens is 168 g/mol. The number of aliphatic hydroxyl groups excluding tert-OH is 1. The molecule has 1 aromatic heterocycles. The van der Waals surface area contributed by atoms with Gasteiger partial charge in [0, 0.05) is 19.8 Å². The number of rotatable bonds is 3. The summed E-state index contributed by atoms with van der Waals surface area (Å²) in [6.07, 6.45) is 1.88. The third-order valence-corrected chi connectivity index (χ3v) is 1.77. The van der Waals surface area contributed by atoms with E-state index in [1.165, 1.54) is 0 Å². The van der Waals surface area contributed by atoms with Crippen LogP contribution >= 0.6 is 0 Å². The zero-order valence-corrected chi connectivity index (χ0v) is 7.87. The molecule has 0 aliphatic rings. The minimum absolute atomic E-state index is 0.0326. The molecule has 13 heavy (non-hydrogen) atoms. The molecule has 0 aliphatic carbocycles. The molecule has 72 valence electrons. The summed E-state index contributed by atoms with van der Waals surface area (Å²) >= 11 is 0. The summed E-state index contributed by atoms with van der Waals surface area (Å²) < 4.78 is 1.77. The Kier molecular flexibility index (Phi) is 3.08. The molecule has 1 heterocycles. The van der Waals surface area contributed by atoms with Crippen LogP contribution in [0.2, 0.25) is 0 Å². The van der Waals surface area contributed by atoms with E-state index in [0.717, 1.165) is 5.56 Å². The van der Waals surface area contributed by atoms with Crippen LogP contribution in [0.3, 0.4) is 0 Å². The second-order valence-corrected chi connectivity index (χ2v) is 2.99. The van der Waals surface area contributed by atoms with E-state index in [2.05, 4.69) is 5.32 Å². The summed E-state index contributed by atoms with van der Waals surface area (Å²) in [6.45, 7) is 2.20. The highest BCUT2D eigenvalue weighted by atomic mass is 16.3. The molecule has 1 amide bonds. The molecule has 0 aliphatic heterocycles. The molecule has 0 fully saturated rings. The molecule has 0 saturated heterocycles. The normalized spacial score (nSPS) is 10.1. The first-order valence-electron chi connectivity index (χ1n) is 4.17. The first kappa shape index (κ1) is 9.80.